The summed E-state index contributed by atoms with van der Waals surface area (Å²) in [7, 11) is 1.18. The Bertz CT molecular complexity index is 858. The normalized spacial score (nSPS) is 16.5. The number of hydrogen-bond donors (Lipinski definition) is 1. The van der Waals surface area contributed by atoms with Crippen molar-refractivity contribution in [1.82, 2.24) is 0 Å². The quantitative estimate of drug-likeness (QED) is 0.819. The molecule has 1 fully saturated rings. The first-order valence-electron chi connectivity index (χ1n) is 8.98. The van der Waals surface area contributed by atoms with E-state index in [9.17, 15) is 18.0 Å². The van der Waals surface area contributed by atoms with Crippen LogP contribution in [0.2, 0.25) is 0 Å². The Morgan fingerprint density at radius 1 is 1.14 bits per heavy atom. The van der Waals surface area contributed by atoms with Gasteiger partial charge in [-0.3, -0.25) is 4.79 Å². The lowest BCUT2D eigenvalue weighted by molar-refractivity contribution is -0.138. The molecule has 0 atom stereocenters. The molecule has 1 heterocycles. The molecule has 2 aromatic carbocycles. The first-order chi connectivity index (χ1) is 13.3. The van der Waals surface area contributed by atoms with E-state index in [1.165, 1.54) is 19.2 Å². The summed E-state index contributed by atoms with van der Waals surface area (Å²) < 4.78 is 50.1. The molecule has 0 radical (unpaired) electrons. The van der Waals surface area contributed by atoms with Gasteiger partial charge in [0.2, 0.25) is 5.91 Å². The number of alkyl halides is 3. The maximum atomic E-state index is 13.3. The monoisotopic (exact) mass is 393 g/mol. The average Bonchev–Trinajstić information content (AvgIpc) is 2.67. The fraction of sp³-hybridized carbons (Fsp3) is 0.381. The van der Waals surface area contributed by atoms with Crippen molar-refractivity contribution in [3.05, 3.63) is 59.2 Å². The van der Waals surface area contributed by atoms with Crippen molar-refractivity contribution in [2.24, 2.45) is 0 Å². The lowest BCUT2D eigenvalue weighted by atomic mass is 9.73. The molecule has 0 aromatic heterocycles. The van der Waals surface area contributed by atoms with Crippen LogP contribution in [0.4, 0.5) is 18.9 Å². The van der Waals surface area contributed by atoms with E-state index in [2.05, 4.69) is 5.32 Å². The van der Waals surface area contributed by atoms with Gasteiger partial charge < -0.3 is 14.8 Å². The standard InChI is InChI=1S/C21H22F3NO3/c1-14-4-3-5-15(12-14)20(8-10-28-11-9-20)19(26)25-16-6-7-18(27-2)17(13-16)21(22,23)24/h3-7,12-13H,8-11H2,1-2H3,(H,25,26). The lowest BCUT2D eigenvalue weighted by Gasteiger charge is -2.36. The predicted octanol–water partition coefficient (Wildman–Crippen LogP) is 4.71. The van der Waals surface area contributed by atoms with Crippen molar-refractivity contribution in [2.45, 2.75) is 31.4 Å². The van der Waals surface area contributed by atoms with Gasteiger partial charge >= 0.3 is 6.18 Å². The molecular weight excluding hydrogens is 371 g/mol. The molecule has 150 valence electrons. The minimum Gasteiger partial charge on any atom is -0.496 e. The van der Waals surface area contributed by atoms with Crippen LogP contribution < -0.4 is 10.1 Å². The smallest absolute Gasteiger partial charge is 0.420 e. The van der Waals surface area contributed by atoms with Crippen LogP contribution >= 0.6 is 0 Å². The minimum atomic E-state index is -4.58. The van der Waals surface area contributed by atoms with E-state index in [-0.39, 0.29) is 17.3 Å². The highest BCUT2D eigenvalue weighted by molar-refractivity contribution is 5.99. The zero-order valence-electron chi connectivity index (χ0n) is 15.7. The zero-order valence-corrected chi connectivity index (χ0v) is 15.7. The highest BCUT2D eigenvalue weighted by Crippen LogP contribution is 2.39. The van der Waals surface area contributed by atoms with Crippen molar-refractivity contribution >= 4 is 11.6 Å². The van der Waals surface area contributed by atoms with Crippen LogP contribution in [0.25, 0.3) is 0 Å². The number of nitrogens with one attached hydrogen (secondary N) is 1. The number of amides is 1. The van der Waals surface area contributed by atoms with Crippen LogP contribution in [0.5, 0.6) is 5.75 Å². The number of benzene rings is 2. The van der Waals surface area contributed by atoms with Crippen LogP contribution in [0.1, 0.15) is 29.5 Å². The Labute approximate surface area is 161 Å². The third-order valence-electron chi connectivity index (χ3n) is 5.11. The van der Waals surface area contributed by atoms with E-state index >= 15 is 0 Å². The summed E-state index contributed by atoms with van der Waals surface area (Å²) >= 11 is 0. The number of anilines is 1. The fourth-order valence-electron chi connectivity index (χ4n) is 3.57. The molecule has 0 unspecified atom stereocenters. The van der Waals surface area contributed by atoms with Crippen molar-refractivity contribution in [3.8, 4) is 5.75 Å². The van der Waals surface area contributed by atoms with Crippen LogP contribution in [0, 0.1) is 6.92 Å². The summed E-state index contributed by atoms with van der Waals surface area (Å²) in [6, 6.07) is 11.2. The van der Waals surface area contributed by atoms with E-state index in [4.69, 9.17) is 9.47 Å². The number of halogens is 3. The second-order valence-electron chi connectivity index (χ2n) is 6.93. The fourth-order valence-corrected chi connectivity index (χ4v) is 3.57. The van der Waals surface area contributed by atoms with E-state index in [1.807, 2.05) is 31.2 Å². The number of rotatable bonds is 4. The third kappa shape index (κ3) is 3.99. The Hall–Kier alpha value is -2.54. The Morgan fingerprint density at radius 3 is 2.46 bits per heavy atom. The molecule has 0 aliphatic carbocycles. The number of carbonyl (C=O) groups is 1. The minimum absolute atomic E-state index is 0.0802. The lowest BCUT2D eigenvalue weighted by Crippen LogP contribution is -2.44. The Morgan fingerprint density at radius 2 is 1.86 bits per heavy atom. The maximum Gasteiger partial charge on any atom is 0.420 e. The second kappa shape index (κ2) is 7.83. The molecule has 7 heteroatoms. The topological polar surface area (TPSA) is 47.6 Å². The molecule has 4 nitrogen and oxygen atoms in total. The van der Waals surface area contributed by atoms with E-state index in [1.54, 1.807) is 0 Å². The summed E-state index contributed by atoms with van der Waals surface area (Å²) in [6.45, 7) is 2.77. The number of methoxy groups -OCH3 is 1. The van der Waals surface area contributed by atoms with Gasteiger partial charge in [-0.15, -0.1) is 0 Å². The van der Waals surface area contributed by atoms with Crippen LogP contribution in [-0.2, 0) is 21.1 Å². The van der Waals surface area contributed by atoms with Gasteiger partial charge in [0.1, 0.15) is 5.75 Å². The van der Waals surface area contributed by atoms with E-state index in [0.717, 1.165) is 17.2 Å². The van der Waals surface area contributed by atoms with Gasteiger partial charge in [0, 0.05) is 18.9 Å². The molecule has 1 aliphatic rings. The average molecular weight is 393 g/mol. The third-order valence-corrected chi connectivity index (χ3v) is 5.11. The first kappa shape index (κ1) is 20.2. The van der Waals surface area contributed by atoms with Crippen molar-refractivity contribution in [2.75, 3.05) is 25.6 Å². The van der Waals surface area contributed by atoms with E-state index in [0.29, 0.717) is 26.1 Å². The molecule has 2 aromatic rings. The number of ether oxygens (including phenoxy) is 2. The van der Waals surface area contributed by atoms with E-state index < -0.39 is 17.2 Å². The first-order valence-corrected chi connectivity index (χ1v) is 8.98. The van der Waals surface area contributed by atoms with Crippen molar-refractivity contribution in [3.63, 3.8) is 0 Å². The molecule has 1 saturated heterocycles. The largest absolute Gasteiger partial charge is 0.496 e. The van der Waals surface area contributed by atoms with Crippen LogP contribution in [0.3, 0.4) is 0 Å². The number of carbonyl (C=O) groups excluding carboxylic acids is 1. The summed E-state index contributed by atoms with van der Waals surface area (Å²) in [4.78, 5) is 13.2. The van der Waals surface area contributed by atoms with Gasteiger partial charge in [0.15, 0.2) is 0 Å². The summed E-state index contributed by atoms with van der Waals surface area (Å²) in [5, 5.41) is 2.68. The molecule has 3 rings (SSSR count). The van der Waals surface area contributed by atoms with Gasteiger partial charge in [-0.1, -0.05) is 29.8 Å². The van der Waals surface area contributed by atoms with Crippen molar-refractivity contribution < 1.29 is 27.4 Å². The SMILES string of the molecule is COc1ccc(NC(=O)C2(c3cccc(C)c3)CCOCC2)cc1C(F)(F)F. The molecule has 1 amide bonds. The highest BCUT2D eigenvalue weighted by Gasteiger charge is 2.42. The van der Waals surface area contributed by atoms with Gasteiger partial charge in [-0.25, -0.2) is 0 Å². The molecule has 1 aliphatic heterocycles. The number of hydrogen-bond acceptors (Lipinski definition) is 3. The van der Waals surface area contributed by atoms with Crippen molar-refractivity contribution in [1.29, 1.82) is 0 Å². The summed E-state index contributed by atoms with van der Waals surface area (Å²) in [6.07, 6.45) is -3.66. The zero-order chi connectivity index (χ0) is 20.4. The molecule has 28 heavy (non-hydrogen) atoms. The molecule has 1 N–H and O–H groups in total. The summed E-state index contributed by atoms with van der Waals surface area (Å²) in [5.41, 5.74) is 0.168. The predicted molar refractivity (Wildman–Crippen MR) is 99.5 cm³/mol. The van der Waals surface area contributed by atoms with Gasteiger partial charge in [0.25, 0.3) is 0 Å². The Kier molecular flexibility index (Phi) is 5.65. The van der Waals surface area contributed by atoms with Crippen LogP contribution in [-0.4, -0.2) is 26.2 Å². The number of aryl methyl sites for hydroxylation is 1. The Balaban J connectivity index is 1.95. The molecular formula is C21H22F3NO3. The van der Waals surface area contributed by atoms with Gasteiger partial charge in [0.05, 0.1) is 18.1 Å². The molecule has 0 saturated carbocycles. The van der Waals surface area contributed by atoms with Crippen LogP contribution in [0.15, 0.2) is 42.5 Å². The molecule has 0 bridgehead atoms. The summed E-state index contributed by atoms with van der Waals surface area (Å²) in [5.74, 6) is -0.621. The molecule has 0 spiro atoms. The van der Waals surface area contributed by atoms with Gasteiger partial charge in [-0.05, 0) is 43.5 Å². The maximum absolute atomic E-state index is 13.3. The highest BCUT2D eigenvalue weighted by atomic mass is 19.4. The second-order valence-corrected chi connectivity index (χ2v) is 6.93. The van der Waals surface area contributed by atoms with Gasteiger partial charge in [-0.2, -0.15) is 13.2 Å².